The van der Waals surface area contributed by atoms with Crippen molar-refractivity contribution in [2.75, 3.05) is 13.7 Å². The number of ether oxygens (including phenoxy) is 1. The average Bonchev–Trinajstić information content (AvgIpc) is 3.18. The third-order valence-electron chi connectivity index (χ3n) is 7.20. The number of carbonyl (C=O) groups excluding carboxylic acids is 2. The second kappa shape index (κ2) is 4.18. The number of carbonyl (C=O) groups is 2. The molecule has 7 heteroatoms. The molecule has 7 rings (SSSR count). The van der Waals surface area contributed by atoms with Gasteiger partial charge in [0.15, 0.2) is 5.78 Å². The Morgan fingerprint density at radius 1 is 1.38 bits per heavy atom. The molecule has 4 aliphatic heterocycles. The number of thioether (sulfide) groups is 1. The lowest BCUT2D eigenvalue weighted by atomic mass is 9.56. The highest BCUT2D eigenvalue weighted by Gasteiger charge is 2.69. The number of nitrogens with zero attached hydrogens (tertiary/aromatic N) is 1. The Bertz CT molecular complexity index is 1010. The van der Waals surface area contributed by atoms with Crippen LogP contribution in [0.1, 0.15) is 34.1 Å². The molecule has 5 heterocycles. The molecule has 1 unspecified atom stereocenters. The van der Waals surface area contributed by atoms with E-state index in [1.165, 1.54) is 5.56 Å². The quantitative estimate of drug-likeness (QED) is 0.779. The number of fused-ring (bicyclic) bond motifs is 3. The van der Waals surface area contributed by atoms with E-state index in [-0.39, 0.29) is 40.5 Å². The van der Waals surface area contributed by atoms with Crippen LogP contribution in [0, 0.1) is 5.41 Å². The first kappa shape index (κ1) is 14.3. The van der Waals surface area contributed by atoms with Gasteiger partial charge in [0.2, 0.25) is 5.78 Å². The van der Waals surface area contributed by atoms with Gasteiger partial charge < -0.3 is 15.0 Å². The summed E-state index contributed by atoms with van der Waals surface area (Å²) in [7, 11) is 1.71. The molecule has 0 amide bonds. The topological polar surface area (TPSA) is 74.4 Å². The van der Waals surface area contributed by atoms with Gasteiger partial charge in [-0.2, -0.15) is 0 Å². The van der Waals surface area contributed by atoms with E-state index in [1.54, 1.807) is 18.9 Å². The minimum absolute atomic E-state index is 0.00361. The normalized spacial score (nSPS) is 41.3. The van der Waals surface area contributed by atoms with Gasteiger partial charge in [-0.1, -0.05) is 0 Å². The maximum atomic E-state index is 13.3. The van der Waals surface area contributed by atoms with Crippen LogP contribution in [0.4, 0.5) is 0 Å². The number of methoxy groups -OCH3 is 1. The summed E-state index contributed by atoms with van der Waals surface area (Å²) < 4.78 is 6.01. The van der Waals surface area contributed by atoms with Crippen molar-refractivity contribution in [1.82, 2.24) is 15.2 Å². The number of piperidine rings is 1. The Balaban J connectivity index is 1.64. The van der Waals surface area contributed by atoms with Crippen molar-refractivity contribution in [3.63, 3.8) is 0 Å². The maximum absolute atomic E-state index is 13.3. The SMILES string of the molecule is CO[C@@H]1[C@@H]2C(=O)C=C3S[C@@H]4C[C@]31C1=C(N4)C(=O)c3[nH]cc4c3C1N2CC4. The van der Waals surface area contributed by atoms with Crippen LogP contribution in [0.25, 0.3) is 0 Å². The molecule has 5 atom stereocenters. The van der Waals surface area contributed by atoms with Crippen LogP contribution < -0.4 is 5.32 Å². The lowest BCUT2D eigenvalue weighted by Gasteiger charge is -2.60. The standard InChI is InChI=1S/C19H17N3O3S/c1-25-18-15-8(23)4-9-19(18)5-10(26-9)21-14-12(19)16-11-7(2-3-22(15)16)6-20-13(11)17(14)24/h4,6,10,15-16,18,20-21H,2-3,5H2,1H3/t10-,15+,16?,18-,19-/m1/s1. The number of ketones is 2. The van der Waals surface area contributed by atoms with Gasteiger partial charge in [-0.25, -0.2) is 0 Å². The van der Waals surface area contributed by atoms with Crippen LogP contribution in [-0.2, 0) is 16.0 Å². The van der Waals surface area contributed by atoms with Gasteiger partial charge in [-0.05, 0) is 30.1 Å². The zero-order chi connectivity index (χ0) is 17.4. The Morgan fingerprint density at radius 3 is 3.12 bits per heavy atom. The van der Waals surface area contributed by atoms with E-state index in [9.17, 15) is 9.59 Å². The number of aromatic amines is 1. The van der Waals surface area contributed by atoms with Crippen LogP contribution in [0.2, 0.25) is 0 Å². The molecule has 6 nitrogen and oxygen atoms in total. The van der Waals surface area contributed by atoms with E-state index in [4.69, 9.17) is 4.74 Å². The molecule has 2 fully saturated rings. The monoisotopic (exact) mass is 367 g/mol. The van der Waals surface area contributed by atoms with Gasteiger partial charge >= 0.3 is 0 Å². The van der Waals surface area contributed by atoms with Gasteiger partial charge in [0.25, 0.3) is 0 Å². The molecule has 0 aromatic carbocycles. The molecule has 0 radical (unpaired) electrons. The summed E-state index contributed by atoms with van der Waals surface area (Å²) >= 11 is 1.70. The molecule has 26 heavy (non-hydrogen) atoms. The molecular weight excluding hydrogens is 350 g/mol. The molecule has 2 saturated heterocycles. The zero-order valence-electron chi connectivity index (χ0n) is 14.2. The number of nitrogens with one attached hydrogen (secondary N) is 2. The summed E-state index contributed by atoms with van der Waals surface area (Å²) in [6.07, 6.45) is 5.35. The average molecular weight is 367 g/mol. The van der Waals surface area contributed by atoms with Crippen LogP contribution >= 0.6 is 11.8 Å². The Morgan fingerprint density at radius 2 is 2.27 bits per heavy atom. The summed E-state index contributed by atoms with van der Waals surface area (Å²) in [5, 5.41) is 3.62. The van der Waals surface area contributed by atoms with Crippen molar-refractivity contribution in [1.29, 1.82) is 0 Å². The summed E-state index contributed by atoms with van der Waals surface area (Å²) in [6.45, 7) is 0.812. The third kappa shape index (κ3) is 1.25. The lowest BCUT2D eigenvalue weighted by Crippen LogP contribution is -2.68. The Hall–Kier alpha value is -1.83. The first-order valence-corrected chi connectivity index (χ1v) is 10.0. The molecule has 3 bridgehead atoms. The molecule has 6 aliphatic rings. The third-order valence-corrected chi connectivity index (χ3v) is 8.50. The first-order valence-electron chi connectivity index (χ1n) is 9.12. The van der Waals surface area contributed by atoms with Crippen molar-refractivity contribution in [3.8, 4) is 0 Å². The number of hydrogen-bond acceptors (Lipinski definition) is 6. The first-order chi connectivity index (χ1) is 12.6. The van der Waals surface area contributed by atoms with E-state index in [0.717, 1.165) is 41.1 Å². The minimum Gasteiger partial charge on any atom is -0.378 e. The number of H-pyrrole nitrogens is 1. The van der Waals surface area contributed by atoms with Gasteiger partial charge in [-0.3, -0.25) is 14.5 Å². The van der Waals surface area contributed by atoms with Crippen molar-refractivity contribution in [2.45, 2.75) is 36.4 Å². The van der Waals surface area contributed by atoms with Gasteiger partial charge in [-0.15, -0.1) is 11.8 Å². The highest BCUT2D eigenvalue weighted by atomic mass is 32.2. The highest BCUT2D eigenvalue weighted by Crippen LogP contribution is 2.69. The fourth-order valence-electron chi connectivity index (χ4n) is 6.38. The van der Waals surface area contributed by atoms with E-state index < -0.39 is 0 Å². The summed E-state index contributed by atoms with van der Waals surface area (Å²) in [5.41, 5.74) is 4.59. The minimum atomic E-state index is -0.330. The van der Waals surface area contributed by atoms with Gasteiger partial charge in [0.1, 0.15) is 6.04 Å². The number of hydrogen-bond donors (Lipinski definition) is 2. The molecule has 132 valence electrons. The van der Waals surface area contributed by atoms with E-state index in [1.807, 2.05) is 12.3 Å². The predicted molar refractivity (Wildman–Crippen MR) is 94.5 cm³/mol. The predicted octanol–water partition coefficient (Wildman–Crippen LogP) is 1.28. The fraction of sp³-hybridized carbons (Fsp3) is 0.474. The molecule has 1 spiro atoms. The number of aromatic nitrogens is 1. The molecule has 0 saturated carbocycles. The summed E-state index contributed by atoms with van der Waals surface area (Å²) in [4.78, 5) is 33.0. The number of Topliss-reactive ketones (excluding diaryl/α,β-unsaturated/α-hetero) is 1. The van der Waals surface area contributed by atoms with Crippen molar-refractivity contribution in [2.24, 2.45) is 5.41 Å². The largest absolute Gasteiger partial charge is 0.378 e. The zero-order valence-corrected chi connectivity index (χ0v) is 15.0. The van der Waals surface area contributed by atoms with E-state index in [0.29, 0.717) is 5.69 Å². The van der Waals surface area contributed by atoms with E-state index >= 15 is 0 Å². The summed E-state index contributed by atoms with van der Waals surface area (Å²) in [5.74, 6) is 0.214. The number of rotatable bonds is 1. The molecule has 1 aromatic rings. The molecular formula is C19H17N3O3S. The number of allylic oxidation sites excluding steroid dienone is 1. The van der Waals surface area contributed by atoms with Crippen LogP contribution in [-0.4, -0.2) is 52.6 Å². The van der Waals surface area contributed by atoms with Crippen molar-refractivity contribution < 1.29 is 14.3 Å². The molecule has 2 N–H and O–H groups in total. The van der Waals surface area contributed by atoms with Crippen LogP contribution in [0.5, 0.6) is 0 Å². The van der Waals surface area contributed by atoms with Crippen molar-refractivity contribution in [3.05, 3.63) is 45.3 Å². The molecule has 2 aliphatic carbocycles. The smallest absolute Gasteiger partial charge is 0.225 e. The lowest BCUT2D eigenvalue weighted by molar-refractivity contribution is -0.140. The van der Waals surface area contributed by atoms with E-state index in [2.05, 4.69) is 15.2 Å². The fourth-order valence-corrected chi connectivity index (χ4v) is 7.91. The maximum Gasteiger partial charge on any atom is 0.225 e. The molecule has 1 aromatic heterocycles. The second-order valence-electron chi connectivity index (χ2n) is 8.05. The van der Waals surface area contributed by atoms with Gasteiger partial charge in [0, 0.05) is 30.3 Å². The van der Waals surface area contributed by atoms with Crippen molar-refractivity contribution >= 4 is 23.3 Å². The Kier molecular flexibility index (Phi) is 2.29. The highest BCUT2D eigenvalue weighted by molar-refractivity contribution is 8.04. The van der Waals surface area contributed by atoms with Crippen LogP contribution in [0.15, 0.2) is 28.4 Å². The second-order valence-corrected chi connectivity index (χ2v) is 9.29. The van der Waals surface area contributed by atoms with Crippen LogP contribution in [0.3, 0.4) is 0 Å². The Labute approximate surface area is 154 Å². The van der Waals surface area contributed by atoms with Gasteiger partial charge in [0.05, 0.1) is 34.3 Å². The summed E-state index contributed by atoms with van der Waals surface area (Å²) in [6, 6.07) is -0.260.